The van der Waals surface area contributed by atoms with Crippen LogP contribution in [0.4, 0.5) is 0 Å². The minimum absolute atomic E-state index is 0.112. The van der Waals surface area contributed by atoms with E-state index in [2.05, 4.69) is 22.1 Å². The predicted octanol–water partition coefficient (Wildman–Crippen LogP) is 1.04. The van der Waals surface area contributed by atoms with E-state index in [1.54, 1.807) is 0 Å². The Morgan fingerprint density at radius 2 is 2.53 bits per heavy atom. The molecule has 6 heteroatoms. The van der Waals surface area contributed by atoms with Gasteiger partial charge in [0.25, 0.3) is 0 Å². The molecular weight excluding hydrogens is 198 g/mol. The van der Waals surface area contributed by atoms with Gasteiger partial charge in [0.1, 0.15) is 5.76 Å². The number of allylic oxidation sites excluding steroid dienone is 1. The Morgan fingerprint density at radius 3 is 3.13 bits per heavy atom. The van der Waals surface area contributed by atoms with Gasteiger partial charge in [0.15, 0.2) is 0 Å². The molecule has 1 rings (SSSR count). The molecular formula is C9H14N3O3-. The van der Waals surface area contributed by atoms with Crippen molar-refractivity contribution in [2.75, 3.05) is 13.6 Å². The van der Waals surface area contributed by atoms with Gasteiger partial charge >= 0.3 is 0 Å². The maximum Gasteiger partial charge on any atom is 0.141 e. The molecule has 2 N–H and O–H groups in total. The van der Waals surface area contributed by atoms with E-state index in [1.165, 1.54) is 7.05 Å². The van der Waals surface area contributed by atoms with Crippen LogP contribution in [-0.2, 0) is 4.94 Å². The summed E-state index contributed by atoms with van der Waals surface area (Å²) in [7, 11) is 1.22. The van der Waals surface area contributed by atoms with E-state index < -0.39 is 0 Å². The molecule has 0 bridgehead atoms. The first kappa shape index (κ1) is 11.9. The van der Waals surface area contributed by atoms with Crippen molar-refractivity contribution in [3.63, 3.8) is 0 Å². The third-order valence-corrected chi connectivity index (χ3v) is 2.01. The monoisotopic (exact) mass is 212 g/mol. The quantitative estimate of drug-likeness (QED) is 0.525. The number of hydrogen-bond acceptors (Lipinski definition) is 6. The summed E-state index contributed by atoms with van der Waals surface area (Å²) in [6, 6.07) is 0. The molecule has 0 aromatic rings. The number of nitrogens with zero attached hydrogens (tertiary/aromatic N) is 2. The third-order valence-electron chi connectivity index (χ3n) is 2.01. The summed E-state index contributed by atoms with van der Waals surface area (Å²) in [6.07, 6.45) is 3.32. The summed E-state index contributed by atoms with van der Waals surface area (Å²) in [5, 5.41) is 20.4. The maximum atomic E-state index is 10.4. The highest BCUT2D eigenvalue weighted by Gasteiger charge is 2.13. The van der Waals surface area contributed by atoms with Crippen molar-refractivity contribution < 1.29 is 10.0 Å². The van der Waals surface area contributed by atoms with Crippen molar-refractivity contribution >= 4 is 6.72 Å². The molecule has 0 aliphatic heterocycles. The second kappa shape index (κ2) is 5.62. The van der Waals surface area contributed by atoms with Crippen LogP contribution in [0.15, 0.2) is 28.1 Å². The average molecular weight is 212 g/mol. The molecule has 84 valence electrons. The van der Waals surface area contributed by atoms with Crippen molar-refractivity contribution in [1.82, 2.24) is 10.7 Å². The highest BCUT2D eigenvalue weighted by molar-refractivity contribution is 5.39. The fraction of sp³-hybridized carbons (Fsp3) is 0.444. The zero-order chi connectivity index (χ0) is 11.3. The molecule has 0 fully saturated rings. The summed E-state index contributed by atoms with van der Waals surface area (Å²) in [5.74, 6) is 0.112. The van der Waals surface area contributed by atoms with Gasteiger partial charge in [-0.3, -0.25) is 4.99 Å². The number of aliphatic imine (C=N–C) groups is 1. The van der Waals surface area contributed by atoms with Crippen LogP contribution >= 0.6 is 0 Å². The van der Waals surface area contributed by atoms with Crippen LogP contribution in [0.5, 0.6) is 0 Å². The van der Waals surface area contributed by atoms with Crippen LogP contribution in [0.2, 0.25) is 0 Å². The third kappa shape index (κ3) is 3.45. The van der Waals surface area contributed by atoms with Gasteiger partial charge in [-0.2, -0.15) is 5.48 Å². The van der Waals surface area contributed by atoms with E-state index in [9.17, 15) is 10.3 Å². The van der Waals surface area contributed by atoms with Crippen LogP contribution in [0.1, 0.15) is 12.8 Å². The Kier molecular flexibility index (Phi) is 4.44. The van der Waals surface area contributed by atoms with Gasteiger partial charge in [-0.1, -0.05) is 6.08 Å². The average Bonchev–Trinajstić information content (AvgIpc) is 2.20. The normalized spacial score (nSPS) is 16.9. The molecule has 0 radical (unpaired) electrons. The van der Waals surface area contributed by atoms with Gasteiger partial charge in [0.05, 0.1) is 5.70 Å². The molecule has 1 aliphatic rings. The lowest BCUT2D eigenvalue weighted by atomic mass is 10.0. The van der Waals surface area contributed by atoms with Crippen molar-refractivity contribution in [2.45, 2.75) is 12.8 Å². The Labute approximate surface area is 88.0 Å². The minimum atomic E-state index is 0.112. The lowest BCUT2D eigenvalue weighted by Crippen LogP contribution is -2.26. The highest BCUT2D eigenvalue weighted by atomic mass is 17.0. The summed E-state index contributed by atoms with van der Waals surface area (Å²) >= 11 is 0. The summed E-state index contributed by atoms with van der Waals surface area (Å²) in [4.78, 5) is 8.16. The van der Waals surface area contributed by atoms with E-state index in [0.29, 0.717) is 17.3 Å². The minimum Gasteiger partial charge on any atom is -0.761 e. The molecule has 0 saturated heterocycles. The maximum absolute atomic E-state index is 10.4. The molecule has 0 heterocycles. The molecule has 15 heavy (non-hydrogen) atoms. The van der Waals surface area contributed by atoms with Crippen molar-refractivity contribution in [1.29, 1.82) is 0 Å². The number of hydrogen-bond donors (Lipinski definition) is 2. The Bertz CT molecular complexity index is 297. The largest absolute Gasteiger partial charge is 0.761 e. The van der Waals surface area contributed by atoms with Crippen molar-refractivity contribution in [2.24, 2.45) is 4.99 Å². The predicted molar refractivity (Wildman–Crippen MR) is 56.7 cm³/mol. The Balaban J connectivity index is 2.53. The van der Waals surface area contributed by atoms with E-state index in [-0.39, 0.29) is 12.3 Å². The smallest absolute Gasteiger partial charge is 0.141 e. The van der Waals surface area contributed by atoms with Gasteiger partial charge in [-0.25, -0.2) is 10.2 Å². The van der Waals surface area contributed by atoms with Crippen LogP contribution in [0, 0.1) is 5.21 Å². The topological polar surface area (TPSA) is 80.2 Å². The van der Waals surface area contributed by atoms with Crippen molar-refractivity contribution in [3.8, 4) is 0 Å². The van der Waals surface area contributed by atoms with E-state index in [4.69, 9.17) is 0 Å². The number of aliphatic hydroxyl groups excluding tert-OH is 1. The fourth-order valence-electron chi connectivity index (χ4n) is 1.30. The second-order valence-corrected chi connectivity index (χ2v) is 3.09. The Morgan fingerprint density at radius 1 is 1.80 bits per heavy atom. The SMILES string of the molecule is C=NC1=CCCC(CNON(C)[O-])=C1O. The molecule has 0 aromatic carbocycles. The van der Waals surface area contributed by atoms with Crippen LogP contribution < -0.4 is 5.48 Å². The van der Waals surface area contributed by atoms with Gasteiger partial charge in [0, 0.05) is 13.6 Å². The zero-order valence-corrected chi connectivity index (χ0v) is 8.56. The molecule has 1 aliphatic carbocycles. The summed E-state index contributed by atoms with van der Waals surface area (Å²) in [5.41, 5.74) is 3.67. The number of hydroxylamine groups is 3. The second-order valence-electron chi connectivity index (χ2n) is 3.09. The van der Waals surface area contributed by atoms with Crippen LogP contribution in [0.25, 0.3) is 0 Å². The molecule has 0 unspecified atom stereocenters. The molecule has 6 nitrogen and oxygen atoms in total. The van der Waals surface area contributed by atoms with Crippen LogP contribution in [-0.4, -0.2) is 30.6 Å². The number of nitrogens with one attached hydrogen (secondary N) is 1. The molecule has 0 amide bonds. The first-order valence-corrected chi connectivity index (χ1v) is 4.54. The van der Waals surface area contributed by atoms with Gasteiger partial charge in [-0.05, 0) is 25.1 Å². The van der Waals surface area contributed by atoms with Gasteiger partial charge < -0.3 is 10.3 Å². The molecule has 0 atom stereocenters. The Hall–Kier alpha value is -1.21. The van der Waals surface area contributed by atoms with Crippen molar-refractivity contribution in [3.05, 3.63) is 28.3 Å². The van der Waals surface area contributed by atoms with E-state index in [0.717, 1.165) is 12.0 Å². The first-order chi connectivity index (χ1) is 7.15. The lowest BCUT2D eigenvalue weighted by Gasteiger charge is -2.22. The van der Waals surface area contributed by atoms with Gasteiger partial charge in [0.2, 0.25) is 0 Å². The highest BCUT2D eigenvalue weighted by Crippen LogP contribution is 2.23. The fourth-order valence-corrected chi connectivity index (χ4v) is 1.30. The zero-order valence-electron chi connectivity index (χ0n) is 8.56. The number of rotatable bonds is 5. The molecule has 0 aromatic heterocycles. The molecule has 0 spiro atoms. The van der Waals surface area contributed by atoms with Gasteiger partial charge in [-0.15, -0.1) is 0 Å². The summed E-state index contributed by atoms with van der Waals surface area (Å²) in [6.45, 7) is 3.64. The van der Waals surface area contributed by atoms with E-state index in [1.807, 2.05) is 6.08 Å². The number of aliphatic hydroxyl groups is 1. The molecule has 0 saturated carbocycles. The standard InChI is InChI=1S/C9H14N3O3/c1-10-8-5-3-4-7(9(8)13)6-11-15-12(2)14/h5,11,13H,1,3-4,6H2,2H3/q-1. The van der Waals surface area contributed by atoms with Crippen LogP contribution in [0.3, 0.4) is 0 Å². The summed E-state index contributed by atoms with van der Waals surface area (Å²) < 4.78 is 0. The first-order valence-electron chi connectivity index (χ1n) is 4.54. The lowest BCUT2D eigenvalue weighted by molar-refractivity contribution is -0.158. The van der Waals surface area contributed by atoms with E-state index >= 15 is 0 Å².